The van der Waals surface area contributed by atoms with Crippen LogP contribution in [0.2, 0.25) is 0 Å². The first kappa shape index (κ1) is 9.34. The number of rotatable bonds is 3. The highest BCUT2D eigenvalue weighted by Crippen LogP contribution is 2.27. The van der Waals surface area contributed by atoms with Crippen molar-refractivity contribution in [1.29, 1.82) is 0 Å². The Morgan fingerprint density at radius 1 is 1.36 bits per heavy atom. The molecule has 1 aromatic rings. The maximum atomic E-state index is 9.09. The largest absolute Gasteiger partial charge is 0.508 e. The van der Waals surface area contributed by atoms with Gasteiger partial charge in [0.25, 0.3) is 0 Å². The summed E-state index contributed by atoms with van der Waals surface area (Å²) in [6.45, 7) is 4.78. The first-order valence-corrected chi connectivity index (χ1v) is 4.79. The molecule has 0 spiro atoms. The molecule has 0 atom stereocenters. The lowest BCUT2D eigenvalue weighted by atomic mass is 9.89. The fraction of sp³-hybridized carbons (Fsp3) is 0.455. The summed E-state index contributed by atoms with van der Waals surface area (Å²) < 4.78 is 5.17. The molecule has 0 bridgehead atoms. The molecule has 2 N–H and O–H groups in total. The lowest BCUT2D eigenvalue weighted by Gasteiger charge is -2.38. The highest BCUT2D eigenvalue weighted by molar-refractivity contribution is 5.46. The zero-order chi connectivity index (χ0) is 10.0. The van der Waals surface area contributed by atoms with E-state index in [-0.39, 0.29) is 5.41 Å². The van der Waals surface area contributed by atoms with Crippen LogP contribution in [-0.2, 0) is 4.74 Å². The van der Waals surface area contributed by atoms with Crippen LogP contribution in [0.25, 0.3) is 0 Å². The summed E-state index contributed by atoms with van der Waals surface area (Å²) in [6.07, 6.45) is 0. The van der Waals surface area contributed by atoms with Crippen molar-refractivity contribution in [3.05, 3.63) is 24.3 Å². The van der Waals surface area contributed by atoms with Crippen molar-refractivity contribution < 1.29 is 9.84 Å². The number of benzene rings is 1. The van der Waals surface area contributed by atoms with Crippen molar-refractivity contribution in [2.24, 2.45) is 5.41 Å². The molecule has 0 amide bonds. The van der Waals surface area contributed by atoms with E-state index in [1.54, 1.807) is 12.1 Å². The van der Waals surface area contributed by atoms with Gasteiger partial charge in [-0.1, -0.05) is 6.92 Å². The number of phenolic OH excluding ortho intramolecular Hbond substituents is 1. The summed E-state index contributed by atoms with van der Waals surface area (Å²) in [4.78, 5) is 0. The monoisotopic (exact) mass is 193 g/mol. The minimum absolute atomic E-state index is 0.276. The number of aromatic hydroxyl groups is 1. The van der Waals surface area contributed by atoms with E-state index in [0.717, 1.165) is 25.4 Å². The Balaban J connectivity index is 1.88. The van der Waals surface area contributed by atoms with E-state index in [9.17, 15) is 0 Å². The second-order valence-corrected chi connectivity index (χ2v) is 4.20. The summed E-state index contributed by atoms with van der Waals surface area (Å²) in [5, 5.41) is 12.4. The van der Waals surface area contributed by atoms with Crippen LogP contribution in [0.5, 0.6) is 5.75 Å². The number of phenols is 1. The normalized spacial score (nSPS) is 18.6. The average molecular weight is 193 g/mol. The Labute approximate surface area is 83.7 Å². The van der Waals surface area contributed by atoms with E-state index in [1.165, 1.54) is 0 Å². The van der Waals surface area contributed by atoms with Crippen LogP contribution in [0.4, 0.5) is 5.69 Å². The fourth-order valence-corrected chi connectivity index (χ4v) is 1.45. The average Bonchev–Trinajstić information content (AvgIpc) is 2.14. The first-order valence-electron chi connectivity index (χ1n) is 4.79. The van der Waals surface area contributed by atoms with Gasteiger partial charge in [-0.3, -0.25) is 0 Å². The minimum atomic E-state index is 0.276. The van der Waals surface area contributed by atoms with E-state index >= 15 is 0 Å². The van der Waals surface area contributed by atoms with Gasteiger partial charge in [-0.15, -0.1) is 0 Å². The number of ether oxygens (including phenoxy) is 1. The van der Waals surface area contributed by atoms with Crippen LogP contribution in [-0.4, -0.2) is 24.9 Å². The third kappa shape index (κ3) is 1.99. The molecule has 1 fully saturated rings. The Hall–Kier alpha value is -1.22. The Morgan fingerprint density at radius 3 is 2.50 bits per heavy atom. The molecule has 3 nitrogen and oxygen atoms in total. The van der Waals surface area contributed by atoms with Crippen molar-refractivity contribution >= 4 is 5.69 Å². The third-order valence-corrected chi connectivity index (χ3v) is 2.49. The molecule has 2 rings (SSSR count). The number of hydrogen-bond donors (Lipinski definition) is 2. The van der Waals surface area contributed by atoms with Crippen LogP contribution in [0.3, 0.4) is 0 Å². The van der Waals surface area contributed by atoms with Gasteiger partial charge in [0.2, 0.25) is 0 Å². The molecule has 0 unspecified atom stereocenters. The second-order valence-electron chi connectivity index (χ2n) is 4.20. The van der Waals surface area contributed by atoms with Crippen LogP contribution >= 0.6 is 0 Å². The topological polar surface area (TPSA) is 41.5 Å². The SMILES string of the molecule is CC1(CNc2ccc(O)cc2)COC1. The highest BCUT2D eigenvalue weighted by atomic mass is 16.5. The molecule has 14 heavy (non-hydrogen) atoms. The maximum absolute atomic E-state index is 9.09. The van der Waals surface area contributed by atoms with Gasteiger partial charge in [-0.05, 0) is 24.3 Å². The summed E-state index contributed by atoms with van der Waals surface area (Å²) in [5.74, 6) is 0.300. The quantitative estimate of drug-likeness (QED) is 0.720. The summed E-state index contributed by atoms with van der Waals surface area (Å²) in [6, 6.07) is 7.11. The summed E-state index contributed by atoms with van der Waals surface area (Å²) in [5.41, 5.74) is 1.31. The van der Waals surface area contributed by atoms with Crippen LogP contribution in [0.15, 0.2) is 24.3 Å². The van der Waals surface area contributed by atoms with Gasteiger partial charge in [0, 0.05) is 17.6 Å². The van der Waals surface area contributed by atoms with Crippen molar-refractivity contribution in [3.63, 3.8) is 0 Å². The molecule has 1 aromatic carbocycles. The molecular weight excluding hydrogens is 178 g/mol. The molecule has 0 aliphatic carbocycles. The number of hydrogen-bond acceptors (Lipinski definition) is 3. The van der Waals surface area contributed by atoms with Crippen molar-refractivity contribution in [3.8, 4) is 5.75 Å². The van der Waals surface area contributed by atoms with Crippen LogP contribution < -0.4 is 5.32 Å². The Kier molecular flexibility index (Phi) is 2.33. The van der Waals surface area contributed by atoms with Gasteiger partial charge in [-0.2, -0.15) is 0 Å². The molecule has 1 aliphatic heterocycles. The van der Waals surface area contributed by atoms with E-state index in [2.05, 4.69) is 12.2 Å². The van der Waals surface area contributed by atoms with E-state index in [0.29, 0.717) is 5.75 Å². The van der Waals surface area contributed by atoms with E-state index in [1.807, 2.05) is 12.1 Å². The fourth-order valence-electron chi connectivity index (χ4n) is 1.45. The zero-order valence-electron chi connectivity index (χ0n) is 8.29. The lowest BCUT2D eigenvalue weighted by molar-refractivity contribution is -0.0924. The van der Waals surface area contributed by atoms with Gasteiger partial charge < -0.3 is 15.2 Å². The third-order valence-electron chi connectivity index (χ3n) is 2.49. The van der Waals surface area contributed by atoms with Crippen LogP contribution in [0, 0.1) is 5.41 Å². The maximum Gasteiger partial charge on any atom is 0.115 e. The van der Waals surface area contributed by atoms with Gasteiger partial charge in [0.05, 0.1) is 13.2 Å². The highest BCUT2D eigenvalue weighted by Gasteiger charge is 2.32. The van der Waals surface area contributed by atoms with E-state index < -0.39 is 0 Å². The molecule has 1 heterocycles. The van der Waals surface area contributed by atoms with Gasteiger partial charge >= 0.3 is 0 Å². The summed E-state index contributed by atoms with van der Waals surface area (Å²) >= 11 is 0. The molecule has 0 radical (unpaired) electrons. The van der Waals surface area contributed by atoms with Crippen molar-refractivity contribution in [2.75, 3.05) is 25.1 Å². The van der Waals surface area contributed by atoms with Crippen molar-refractivity contribution in [2.45, 2.75) is 6.92 Å². The first-order chi connectivity index (χ1) is 6.68. The molecular formula is C11H15NO2. The molecule has 1 aliphatic rings. The van der Waals surface area contributed by atoms with Gasteiger partial charge in [-0.25, -0.2) is 0 Å². The Bertz CT molecular complexity index is 304. The Morgan fingerprint density at radius 2 is 2.00 bits per heavy atom. The second kappa shape index (κ2) is 3.50. The zero-order valence-corrected chi connectivity index (χ0v) is 8.29. The minimum Gasteiger partial charge on any atom is -0.508 e. The molecule has 76 valence electrons. The molecule has 0 aromatic heterocycles. The van der Waals surface area contributed by atoms with Crippen LogP contribution in [0.1, 0.15) is 6.92 Å². The number of anilines is 1. The standard InChI is InChI=1S/C11H15NO2/c1-11(7-14-8-11)6-12-9-2-4-10(13)5-3-9/h2-5,12-13H,6-8H2,1H3. The van der Waals surface area contributed by atoms with E-state index in [4.69, 9.17) is 9.84 Å². The van der Waals surface area contributed by atoms with Crippen molar-refractivity contribution in [1.82, 2.24) is 0 Å². The molecule has 3 heteroatoms. The predicted octanol–water partition coefficient (Wildman–Crippen LogP) is 1.84. The van der Waals surface area contributed by atoms with Gasteiger partial charge in [0.1, 0.15) is 5.75 Å². The number of nitrogens with one attached hydrogen (secondary N) is 1. The molecule has 1 saturated heterocycles. The molecule has 0 saturated carbocycles. The lowest BCUT2D eigenvalue weighted by Crippen LogP contribution is -2.45. The predicted molar refractivity (Wildman–Crippen MR) is 55.5 cm³/mol. The van der Waals surface area contributed by atoms with Gasteiger partial charge in [0.15, 0.2) is 0 Å². The smallest absolute Gasteiger partial charge is 0.115 e. The summed E-state index contributed by atoms with van der Waals surface area (Å²) in [7, 11) is 0.